The SMILES string of the molecule is C[Si](C)(C)CCOCn1c(-c2csc(N)n2)cc(C(N)=O)c1-c1ccc(Cl)cc1Cl. The minimum absolute atomic E-state index is 0.221. The van der Waals surface area contributed by atoms with Crippen molar-refractivity contribution >= 4 is 53.7 Å². The smallest absolute Gasteiger partial charge is 0.250 e. The first-order valence-electron chi connectivity index (χ1n) is 9.34. The van der Waals surface area contributed by atoms with Crippen LogP contribution in [0.4, 0.5) is 5.13 Å². The Balaban J connectivity index is 2.12. The number of benzene rings is 1. The summed E-state index contributed by atoms with van der Waals surface area (Å²) in [4.78, 5) is 16.7. The van der Waals surface area contributed by atoms with Crippen LogP contribution in [0.25, 0.3) is 22.6 Å². The third-order valence-electron chi connectivity index (χ3n) is 4.55. The van der Waals surface area contributed by atoms with Crippen LogP contribution in [0, 0.1) is 0 Å². The van der Waals surface area contributed by atoms with E-state index >= 15 is 0 Å². The van der Waals surface area contributed by atoms with Gasteiger partial charge in [-0.25, -0.2) is 4.98 Å². The van der Waals surface area contributed by atoms with E-state index in [2.05, 4.69) is 24.6 Å². The standard InChI is InChI=1S/C20H24Cl2N4O2SSi/c1-30(2,3)7-6-28-11-26-17(16-10-29-20(24)25-16)9-14(19(23)27)18(26)13-5-4-12(21)8-15(13)22/h4-5,8-10H,6-7,11H2,1-3H3,(H2,23,27)(H2,24,25). The molecule has 0 saturated heterocycles. The number of hydrogen-bond acceptors (Lipinski definition) is 5. The van der Waals surface area contributed by atoms with E-state index in [4.69, 9.17) is 39.4 Å². The molecule has 4 N–H and O–H groups in total. The molecule has 160 valence electrons. The molecule has 0 aliphatic heterocycles. The maximum atomic E-state index is 12.3. The molecule has 0 atom stereocenters. The third kappa shape index (κ3) is 5.25. The number of aromatic nitrogens is 2. The van der Waals surface area contributed by atoms with Crippen LogP contribution in [0.2, 0.25) is 35.7 Å². The van der Waals surface area contributed by atoms with Gasteiger partial charge in [0.2, 0.25) is 0 Å². The van der Waals surface area contributed by atoms with Gasteiger partial charge in [-0.2, -0.15) is 0 Å². The quantitative estimate of drug-likeness (QED) is 0.323. The highest BCUT2D eigenvalue weighted by molar-refractivity contribution is 7.13. The molecule has 0 unspecified atom stereocenters. The third-order valence-corrected chi connectivity index (χ3v) is 7.48. The fourth-order valence-corrected chi connectivity index (χ4v) is 4.81. The van der Waals surface area contributed by atoms with Gasteiger partial charge in [-0.15, -0.1) is 11.3 Å². The van der Waals surface area contributed by atoms with Crippen LogP contribution in [0.5, 0.6) is 0 Å². The summed E-state index contributed by atoms with van der Waals surface area (Å²) in [5.74, 6) is -0.568. The summed E-state index contributed by atoms with van der Waals surface area (Å²) >= 11 is 13.9. The predicted molar refractivity (Wildman–Crippen MR) is 128 cm³/mol. The van der Waals surface area contributed by atoms with Gasteiger partial charge in [0, 0.05) is 30.6 Å². The lowest BCUT2D eigenvalue weighted by molar-refractivity contribution is 0.0893. The highest BCUT2D eigenvalue weighted by Crippen LogP contribution is 2.38. The van der Waals surface area contributed by atoms with E-state index in [9.17, 15) is 4.79 Å². The maximum absolute atomic E-state index is 12.3. The van der Waals surface area contributed by atoms with Crippen molar-refractivity contribution in [2.75, 3.05) is 12.3 Å². The molecule has 10 heteroatoms. The highest BCUT2D eigenvalue weighted by Gasteiger charge is 2.24. The molecule has 0 bridgehead atoms. The molecule has 6 nitrogen and oxygen atoms in total. The fourth-order valence-electron chi connectivity index (χ4n) is 2.99. The lowest BCUT2D eigenvalue weighted by Crippen LogP contribution is -2.22. The van der Waals surface area contributed by atoms with Crippen molar-refractivity contribution in [3.05, 3.63) is 45.3 Å². The Morgan fingerprint density at radius 1 is 1.27 bits per heavy atom. The molecule has 0 spiro atoms. The molecule has 0 fully saturated rings. The van der Waals surface area contributed by atoms with Gasteiger partial charge < -0.3 is 20.8 Å². The number of ether oxygens (including phenoxy) is 1. The van der Waals surface area contributed by atoms with Crippen LogP contribution in [0.1, 0.15) is 10.4 Å². The van der Waals surface area contributed by atoms with Gasteiger partial charge in [0.25, 0.3) is 5.91 Å². The summed E-state index contributed by atoms with van der Waals surface area (Å²) in [6.45, 7) is 7.71. The van der Waals surface area contributed by atoms with Crippen LogP contribution in [0.3, 0.4) is 0 Å². The fraction of sp³-hybridized carbons (Fsp3) is 0.300. The van der Waals surface area contributed by atoms with Crippen LogP contribution >= 0.6 is 34.5 Å². The van der Waals surface area contributed by atoms with Crippen molar-refractivity contribution in [3.63, 3.8) is 0 Å². The zero-order valence-corrected chi connectivity index (χ0v) is 20.4. The minimum Gasteiger partial charge on any atom is -0.375 e. The topological polar surface area (TPSA) is 96.2 Å². The highest BCUT2D eigenvalue weighted by atomic mass is 35.5. The first kappa shape index (κ1) is 22.8. The predicted octanol–water partition coefficient (Wildman–Crippen LogP) is 5.58. The monoisotopic (exact) mass is 482 g/mol. The van der Waals surface area contributed by atoms with E-state index in [0.717, 1.165) is 6.04 Å². The Hall–Kier alpha value is -1.84. The van der Waals surface area contributed by atoms with Gasteiger partial charge in [0.15, 0.2) is 5.13 Å². The number of hydrogen-bond donors (Lipinski definition) is 2. The summed E-state index contributed by atoms with van der Waals surface area (Å²) in [6, 6.07) is 7.85. The molecule has 0 aliphatic rings. The van der Waals surface area contributed by atoms with Crippen molar-refractivity contribution in [2.24, 2.45) is 5.73 Å². The van der Waals surface area contributed by atoms with Gasteiger partial charge in [-0.3, -0.25) is 4.79 Å². The van der Waals surface area contributed by atoms with Gasteiger partial charge >= 0.3 is 0 Å². The van der Waals surface area contributed by atoms with Gasteiger partial charge in [-0.05, 0) is 30.3 Å². The first-order chi connectivity index (χ1) is 14.1. The second kappa shape index (κ2) is 9.11. The molecule has 2 heterocycles. The van der Waals surface area contributed by atoms with Crippen LogP contribution < -0.4 is 11.5 Å². The number of carbonyl (C=O) groups is 1. The summed E-state index contributed by atoms with van der Waals surface area (Å²) in [5.41, 5.74) is 14.4. The molecule has 2 aromatic heterocycles. The number of amides is 1. The molecule has 3 rings (SSSR count). The molecule has 0 saturated carbocycles. The summed E-state index contributed by atoms with van der Waals surface area (Å²) in [6.07, 6.45) is 0. The zero-order chi connectivity index (χ0) is 22.1. The summed E-state index contributed by atoms with van der Waals surface area (Å²) in [5, 5.41) is 3.18. The molecule has 1 aromatic carbocycles. The lowest BCUT2D eigenvalue weighted by Gasteiger charge is -2.18. The van der Waals surface area contributed by atoms with Crippen molar-refractivity contribution in [3.8, 4) is 22.6 Å². The van der Waals surface area contributed by atoms with E-state index < -0.39 is 14.0 Å². The number of halogens is 2. The first-order valence-corrected chi connectivity index (χ1v) is 14.7. The van der Waals surface area contributed by atoms with Crippen LogP contribution in [-0.4, -0.2) is 30.1 Å². The van der Waals surface area contributed by atoms with Crippen LogP contribution in [-0.2, 0) is 11.5 Å². The molecule has 3 aromatic rings. The Morgan fingerprint density at radius 3 is 2.57 bits per heavy atom. The van der Waals surface area contributed by atoms with Crippen molar-refractivity contribution in [1.82, 2.24) is 9.55 Å². The van der Waals surface area contributed by atoms with Crippen molar-refractivity contribution in [2.45, 2.75) is 32.4 Å². The number of thiazole rings is 1. The average molecular weight is 483 g/mol. The van der Waals surface area contributed by atoms with Crippen molar-refractivity contribution < 1.29 is 9.53 Å². The maximum Gasteiger partial charge on any atom is 0.250 e. The number of nitrogens with two attached hydrogens (primary N) is 2. The van der Waals surface area contributed by atoms with E-state index in [1.54, 1.807) is 24.3 Å². The van der Waals surface area contributed by atoms with Crippen LogP contribution in [0.15, 0.2) is 29.6 Å². The minimum atomic E-state index is -1.25. The Bertz CT molecular complexity index is 1080. The van der Waals surface area contributed by atoms with Gasteiger partial charge in [0.05, 0.1) is 22.0 Å². The number of anilines is 1. The Kier molecular flexibility index (Phi) is 6.94. The normalized spacial score (nSPS) is 11.8. The van der Waals surface area contributed by atoms with E-state index in [0.29, 0.717) is 50.0 Å². The molecular weight excluding hydrogens is 459 g/mol. The number of nitrogens with zero attached hydrogens (tertiary/aromatic N) is 2. The summed E-state index contributed by atoms with van der Waals surface area (Å²) < 4.78 is 7.87. The number of nitrogen functional groups attached to an aromatic ring is 1. The number of primary amides is 1. The molecular formula is C20H24Cl2N4O2SSi. The average Bonchev–Trinajstić information content (AvgIpc) is 3.22. The lowest BCUT2D eigenvalue weighted by atomic mass is 10.1. The van der Waals surface area contributed by atoms with Gasteiger partial charge in [0.1, 0.15) is 12.4 Å². The largest absolute Gasteiger partial charge is 0.375 e. The Morgan fingerprint density at radius 2 is 2.00 bits per heavy atom. The molecule has 0 radical (unpaired) electrons. The number of rotatable bonds is 8. The molecule has 0 aliphatic carbocycles. The van der Waals surface area contributed by atoms with E-state index in [1.807, 2.05) is 9.95 Å². The Labute approximate surface area is 190 Å². The van der Waals surface area contributed by atoms with Gasteiger partial charge in [-0.1, -0.05) is 42.8 Å². The van der Waals surface area contributed by atoms with E-state index in [-0.39, 0.29) is 6.73 Å². The zero-order valence-electron chi connectivity index (χ0n) is 17.0. The molecule has 1 amide bonds. The van der Waals surface area contributed by atoms with Crippen molar-refractivity contribution in [1.29, 1.82) is 0 Å². The van der Waals surface area contributed by atoms with E-state index in [1.165, 1.54) is 11.3 Å². The second-order valence-electron chi connectivity index (χ2n) is 8.13. The number of carbonyl (C=O) groups excluding carboxylic acids is 1. The molecule has 30 heavy (non-hydrogen) atoms. The summed E-state index contributed by atoms with van der Waals surface area (Å²) in [7, 11) is -1.25. The second-order valence-corrected chi connectivity index (χ2v) is 15.5.